The van der Waals surface area contributed by atoms with Crippen molar-refractivity contribution in [3.8, 4) is 0 Å². The molecule has 0 saturated heterocycles. The molecule has 4 N–H and O–H groups in total. The van der Waals surface area contributed by atoms with Crippen LogP contribution in [0, 0.1) is 0 Å². The molecule has 440 valence electrons. The molecular formula is C43H96N4O23S3+4. The lowest BCUT2D eigenvalue weighted by atomic mass is 10.0. The molecule has 0 saturated carbocycles. The molecule has 0 aromatic rings. The SMILES string of the molecule is C[N+](C)(C)CCC[N+](C)(C)CCOCCOC(C(COCCO)OCCOCCCOS(=O)(=O)O)C(OCCOCC[N+](C)(C)CCC[N+](C)(C)C)C(COCCOS(=O)(=O)O)OCCOCCOS(=O)(=O)O. The van der Waals surface area contributed by atoms with Gasteiger partial charge in [0.05, 0.1) is 222 Å². The van der Waals surface area contributed by atoms with Gasteiger partial charge in [-0.2, -0.15) is 25.3 Å². The third-order valence-electron chi connectivity index (χ3n) is 10.5. The van der Waals surface area contributed by atoms with Crippen LogP contribution in [0.3, 0.4) is 0 Å². The summed E-state index contributed by atoms with van der Waals surface area (Å²) in [7, 11) is 7.43. The Morgan fingerprint density at radius 3 is 1.05 bits per heavy atom. The number of rotatable bonds is 52. The van der Waals surface area contributed by atoms with Gasteiger partial charge in [-0.15, -0.1) is 0 Å². The first-order valence-corrected chi connectivity index (χ1v) is 28.6. The minimum atomic E-state index is -4.77. The molecule has 0 spiro atoms. The molecular weight excluding hydrogens is 1040 g/mol. The molecule has 4 atom stereocenters. The summed E-state index contributed by atoms with van der Waals surface area (Å²) in [6.07, 6.45) is -1.97. The van der Waals surface area contributed by atoms with Crippen molar-refractivity contribution >= 4 is 31.2 Å². The molecule has 0 amide bonds. The first-order chi connectivity index (χ1) is 33.8. The summed E-state index contributed by atoms with van der Waals surface area (Å²) in [5, 5.41) is 9.66. The predicted molar refractivity (Wildman–Crippen MR) is 267 cm³/mol. The number of ether oxygens (including phenoxy) is 10. The zero-order chi connectivity index (χ0) is 55.5. The molecule has 0 aromatic heterocycles. The normalized spacial score (nSPS) is 15.2. The van der Waals surface area contributed by atoms with Gasteiger partial charge in [-0.05, 0) is 6.42 Å². The lowest BCUT2D eigenvalue weighted by Crippen LogP contribution is -2.53. The Hall–Kier alpha value is -0.990. The van der Waals surface area contributed by atoms with Crippen molar-refractivity contribution in [2.24, 2.45) is 0 Å². The first-order valence-electron chi connectivity index (χ1n) is 24.5. The summed E-state index contributed by atoms with van der Waals surface area (Å²) in [5.74, 6) is 0. The van der Waals surface area contributed by atoms with Gasteiger partial charge >= 0.3 is 31.2 Å². The molecule has 4 unspecified atom stereocenters. The van der Waals surface area contributed by atoms with Gasteiger partial charge in [0.15, 0.2) is 0 Å². The fourth-order valence-corrected chi connectivity index (χ4v) is 7.58. The lowest BCUT2D eigenvalue weighted by Gasteiger charge is -2.37. The van der Waals surface area contributed by atoms with Crippen LogP contribution in [0.5, 0.6) is 0 Å². The maximum absolute atomic E-state index is 11.3. The predicted octanol–water partition coefficient (Wildman–Crippen LogP) is -1.19. The van der Waals surface area contributed by atoms with E-state index in [-0.39, 0.29) is 112 Å². The third-order valence-corrected chi connectivity index (χ3v) is 11.9. The molecule has 73 heavy (non-hydrogen) atoms. The van der Waals surface area contributed by atoms with E-state index in [2.05, 4.69) is 83.0 Å². The van der Waals surface area contributed by atoms with Crippen molar-refractivity contribution in [3.05, 3.63) is 0 Å². The molecule has 0 aliphatic carbocycles. The number of aliphatic hydroxyl groups is 1. The van der Waals surface area contributed by atoms with Crippen LogP contribution in [0.2, 0.25) is 0 Å². The van der Waals surface area contributed by atoms with Gasteiger partial charge < -0.3 is 70.4 Å². The third kappa shape index (κ3) is 47.9. The number of likely N-dealkylation sites (N-methyl/N-ethyl adjacent to an activating group) is 2. The van der Waals surface area contributed by atoms with Gasteiger partial charge in [0.2, 0.25) is 0 Å². The monoisotopic (exact) mass is 1130 g/mol. The van der Waals surface area contributed by atoms with Crippen LogP contribution < -0.4 is 0 Å². The minimum Gasteiger partial charge on any atom is -0.394 e. The zero-order valence-electron chi connectivity index (χ0n) is 45.4. The van der Waals surface area contributed by atoms with E-state index in [0.29, 0.717) is 13.2 Å². The Bertz CT molecular complexity index is 1700. The van der Waals surface area contributed by atoms with Gasteiger partial charge in [0.25, 0.3) is 0 Å². The molecule has 0 rings (SSSR count). The highest BCUT2D eigenvalue weighted by atomic mass is 32.3. The fourth-order valence-electron chi connectivity index (χ4n) is 6.69. The quantitative estimate of drug-likeness (QED) is 0.0316. The van der Waals surface area contributed by atoms with E-state index < -0.39 is 68.8 Å². The van der Waals surface area contributed by atoms with Crippen LogP contribution in [0.4, 0.5) is 0 Å². The van der Waals surface area contributed by atoms with Crippen molar-refractivity contribution in [2.45, 2.75) is 43.7 Å². The summed E-state index contributed by atoms with van der Waals surface area (Å²) < 4.78 is 170. The van der Waals surface area contributed by atoms with Crippen molar-refractivity contribution < 1.29 is 122 Å². The molecule has 0 fully saturated rings. The van der Waals surface area contributed by atoms with E-state index in [1.807, 2.05) is 0 Å². The van der Waals surface area contributed by atoms with Crippen LogP contribution in [0.1, 0.15) is 19.3 Å². The van der Waals surface area contributed by atoms with Gasteiger partial charge in [-0.3, -0.25) is 13.7 Å². The van der Waals surface area contributed by atoms with Gasteiger partial charge in [-0.25, -0.2) is 12.5 Å². The Kier molecular flexibility index (Phi) is 38.0. The number of quaternary nitrogens is 4. The molecule has 0 bridgehead atoms. The Balaban J connectivity index is 6.74. The second kappa shape index (κ2) is 38.6. The molecule has 0 aromatic carbocycles. The van der Waals surface area contributed by atoms with Crippen LogP contribution in [-0.2, 0) is 91.1 Å². The van der Waals surface area contributed by atoms with Crippen LogP contribution in [0.25, 0.3) is 0 Å². The summed E-state index contributed by atoms with van der Waals surface area (Å²) >= 11 is 0. The second-order valence-corrected chi connectivity index (χ2v) is 23.7. The van der Waals surface area contributed by atoms with Gasteiger partial charge in [-0.1, -0.05) is 0 Å². The Morgan fingerprint density at radius 2 is 0.671 bits per heavy atom. The van der Waals surface area contributed by atoms with E-state index in [9.17, 15) is 30.4 Å². The van der Waals surface area contributed by atoms with E-state index in [0.717, 1.165) is 70.0 Å². The molecule has 0 aliphatic rings. The highest BCUT2D eigenvalue weighted by Crippen LogP contribution is 2.20. The van der Waals surface area contributed by atoms with Crippen molar-refractivity contribution in [1.29, 1.82) is 0 Å². The van der Waals surface area contributed by atoms with Crippen molar-refractivity contribution in [3.63, 3.8) is 0 Å². The van der Waals surface area contributed by atoms with Gasteiger partial charge in [0.1, 0.15) is 37.5 Å². The highest BCUT2D eigenvalue weighted by Gasteiger charge is 2.39. The van der Waals surface area contributed by atoms with E-state index in [4.69, 9.17) is 61.0 Å². The topological polar surface area (TPSA) is 303 Å². The molecule has 0 radical (unpaired) electrons. The summed E-state index contributed by atoms with van der Waals surface area (Å²) in [5.41, 5.74) is 0. The average Bonchev–Trinajstić information content (AvgIpc) is 3.23. The Morgan fingerprint density at radius 1 is 0.342 bits per heavy atom. The molecule has 0 heterocycles. The van der Waals surface area contributed by atoms with Crippen LogP contribution in [0.15, 0.2) is 0 Å². The van der Waals surface area contributed by atoms with E-state index in [1.54, 1.807) is 0 Å². The van der Waals surface area contributed by atoms with Crippen molar-refractivity contribution in [2.75, 3.05) is 242 Å². The smallest absolute Gasteiger partial charge is 0.394 e. The second-order valence-electron chi connectivity index (χ2n) is 20.4. The number of aliphatic hydroxyl groups excluding tert-OH is 1. The van der Waals surface area contributed by atoms with Crippen LogP contribution >= 0.6 is 0 Å². The lowest BCUT2D eigenvalue weighted by molar-refractivity contribution is -0.902. The molecule has 30 heteroatoms. The Labute approximate surface area is 437 Å². The fraction of sp³-hybridized carbons (Fsp3) is 1.00. The summed E-state index contributed by atoms with van der Waals surface area (Å²) in [6.45, 7) is 3.70. The van der Waals surface area contributed by atoms with E-state index >= 15 is 0 Å². The number of hydrogen-bond acceptors (Lipinski definition) is 20. The van der Waals surface area contributed by atoms with E-state index in [1.165, 1.54) is 0 Å². The number of hydrogen-bond donors (Lipinski definition) is 4. The maximum atomic E-state index is 11.3. The van der Waals surface area contributed by atoms with Gasteiger partial charge in [0, 0.05) is 19.4 Å². The molecule has 0 aliphatic heterocycles. The zero-order valence-corrected chi connectivity index (χ0v) is 47.8. The summed E-state index contributed by atoms with van der Waals surface area (Å²) in [4.78, 5) is 0. The first kappa shape index (κ1) is 72.0. The highest BCUT2D eigenvalue weighted by molar-refractivity contribution is 7.81. The van der Waals surface area contributed by atoms with Crippen molar-refractivity contribution in [1.82, 2.24) is 0 Å². The minimum absolute atomic E-state index is 0.00517. The molecule has 27 nitrogen and oxygen atoms in total. The number of nitrogens with zero attached hydrogens (tertiary/aromatic N) is 4. The summed E-state index contributed by atoms with van der Waals surface area (Å²) in [6, 6.07) is 0. The average molecular weight is 1130 g/mol. The van der Waals surface area contributed by atoms with Crippen LogP contribution in [-0.4, -0.2) is 328 Å². The largest absolute Gasteiger partial charge is 0.397 e. The standard InChI is InChI=1S/C43H93N4O23S3/c1-44(2,3)14-11-16-46(7,8)18-23-59-28-34-66-42(40(38-62-25-20-48)64-32-26-58-21-13-22-68-71(49,50)51)43(67-35-29-60-24-19-47(9,10)17-12-15-45(4,5)6)41(39-63-31-37-70-73(55,56)57)65-33-27-61-30-36-69-72(52,53)54/h40-43,48H,11-39H2,1-10H3/q+1/p+3. The maximum Gasteiger partial charge on any atom is 0.397 e.